The number of ether oxygens (including phenoxy) is 1. The topological polar surface area (TPSA) is 92.8 Å². The number of aryl methyl sites for hydroxylation is 2. The minimum atomic E-state index is -3.66. The van der Waals surface area contributed by atoms with Crippen LogP contribution in [0.5, 0.6) is 0 Å². The molecule has 7 nitrogen and oxygen atoms in total. The molecule has 0 atom stereocenters. The number of hydrogen-bond acceptors (Lipinski definition) is 5. The van der Waals surface area contributed by atoms with Gasteiger partial charge in [-0.25, -0.2) is 21.6 Å². The summed E-state index contributed by atoms with van der Waals surface area (Å²) in [6.45, 7) is 7.12. The molecule has 1 aliphatic heterocycles. The molecule has 0 bridgehead atoms. The summed E-state index contributed by atoms with van der Waals surface area (Å²) < 4.78 is 59.1. The van der Waals surface area contributed by atoms with Gasteiger partial charge < -0.3 is 4.74 Å². The van der Waals surface area contributed by atoms with Crippen LogP contribution in [-0.2, 0) is 24.8 Å². The van der Waals surface area contributed by atoms with Crippen molar-refractivity contribution in [2.24, 2.45) is 0 Å². The lowest BCUT2D eigenvalue weighted by Crippen LogP contribution is -2.38. The van der Waals surface area contributed by atoms with E-state index in [-0.39, 0.29) is 10.6 Å². The van der Waals surface area contributed by atoms with Gasteiger partial charge in [0.1, 0.15) is 0 Å². The van der Waals surface area contributed by atoms with Crippen LogP contribution in [0.25, 0.3) is 0 Å². The standard InChI is InChI=1S/C17H28N2O5S2/c1-4-24-10-7-8-18-26(22,23)17-14(2)12-16(13-15(17)3)19-9-5-6-11-25(19,20)21/h12-13,18H,4-11H2,1-3H3. The van der Waals surface area contributed by atoms with Gasteiger partial charge in [0.05, 0.1) is 16.3 Å². The summed E-state index contributed by atoms with van der Waals surface area (Å²) in [6.07, 6.45) is 2.06. The first-order chi connectivity index (χ1) is 12.2. The largest absolute Gasteiger partial charge is 0.382 e. The van der Waals surface area contributed by atoms with Crippen molar-refractivity contribution in [3.8, 4) is 0 Å². The molecule has 0 amide bonds. The molecular weight excluding hydrogens is 376 g/mol. The average Bonchev–Trinajstić information content (AvgIpc) is 2.53. The van der Waals surface area contributed by atoms with E-state index in [9.17, 15) is 16.8 Å². The van der Waals surface area contributed by atoms with Crippen molar-refractivity contribution in [1.29, 1.82) is 0 Å². The zero-order valence-electron chi connectivity index (χ0n) is 15.6. The van der Waals surface area contributed by atoms with Gasteiger partial charge in [0, 0.05) is 26.3 Å². The third kappa shape index (κ3) is 4.97. The fourth-order valence-corrected chi connectivity index (χ4v) is 6.32. The van der Waals surface area contributed by atoms with Gasteiger partial charge in [-0.05, 0) is 63.3 Å². The first-order valence-electron chi connectivity index (χ1n) is 8.88. The van der Waals surface area contributed by atoms with Crippen LogP contribution in [0.1, 0.15) is 37.3 Å². The summed E-state index contributed by atoms with van der Waals surface area (Å²) in [4.78, 5) is 0.215. The van der Waals surface area contributed by atoms with E-state index >= 15 is 0 Å². The van der Waals surface area contributed by atoms with Gasteiger partial charge >= 0.3 is 0 Å². The molecule has 0 radical (unpaired) electrons. The summed E-state index contributed by atoms with van der Waals surface area (Å²) >= 11 is 0. The van der Waals surface area contributed by atoms with E-state index in [1.54, 1.807) is 26.0 Å². The van der Waals surface area contributed by atoms with Crippen molar-refractivity contribution in [2.75, 3.05) is 36.4 Å². The molecule has 26 heavy (non-hydrogen) atoms. The van der Waals surface area contributed by atoms with E-state index < -0.39 is 20.0 Å². The van der Waals surface area contributed by atoms with Gasteiger partial charge in [0.2, 0.25) is 20.0 Å². The summed E-state index contributed by atoms with van der Waals surface area (Å²) in [6, 6.07) is 3.29. The maximum absolute atomic E-state index is 12.6. The second kappa shape index (κ2) is 8.69. The summed E-state index contributed by atoms with van der Waals surface area (Å²) in [5, 5.41) is 0. The van der Waals surface area contributed by atoms with Crippen molar-refractivity contribution in [3.05, 3.63) is 23.3 Å². The minimum Gasteiger partial charge on any atom is -0.382 e. The number of hydrogen-bond donors (Lipinski definition) is 1. The van der Waals surface area contributed by atoms with E-state index in [2.05, 4.69) is 4.72 Å². The molecule has 0 unspecified atom stereocenters. The van der Waals surface area contributed by atoms with Gasteiger partial charge in [-0.3, -0.25) is 4.31 Å². The predicted octanol–water partition coefficient (Wildman–Crippen LogP) is 1.94. The van der Waals surface area contributed by atoms with Crippen LogP contribution < -0.4 is 9.03 Å². The lowest BCUT2D eigenvalue weighted by atomic mass is 10.1. The van der Waals surface area contributed by atoms with Gasteiger partial charge in [-0.2, -0.15) is 0 Å². The highest BCUT2D eigenvalue weighted by Crippen LogP contribution is 2.30. The molecule has 148 valence electrons. The predicted molar refractivity (Wildman–Crippen MR) is 103 cm³/mol. The van der Waals surface area contributed by atoms with Crippen molar-refractivity contribution in [2.45, 2.75) is 44.9 Å². The van der Waals surface area contributed by atoms with Gasteiger partial charge in [-0.1, -0.05) is 0 Å². The SMILES string of the molecule is CCOCCCNS(=O)(=O)c1c(C)cc(N2CCCCS2(=O)=O)cc1C. The second-order valence-corrected chi connectivity index (χ2v) is 10.2. The second-order valence-electron chi connectivity index (χ2n) is 6.45. The highest BCUT2D eigenvalue weighted by atomic mass is 32.2. The highest BCUT2D eigenvalue weighted by Gasteiger charge is 2.28. The Morgan fingerprint density at radius 1 is 1.19 bits per heavy atom. The Hall–Kier alpha value is -1.16. The molecule has 1 aromatic rings. The molecule has 1 aromatic carbocycles. The Morgan fingerprint density at radius 3 is 2.42 bits per heavy atom. The van der Waals surface area contributed by atoms with Crippen molar-refractivity contribution >= 4 is 25.7 Å². The monoisotopic (exact) mass is 404 g/mol. The molecule has 1 saturated heterocycles. The van der Waals surface area contributed by atoms with Crippen molar-refractivity contribution in [3.63, 3.8) is 0 Å². The van der Waals surface area contributed by atoms with Gasteiger partial charge in [0.25, 0.3) is 0 Å². The van der Waals surface area contributed by atoms with E-state index in [1.165, 1.54) is 4.31 Å². The highest BCUT2D eigenvalue weighted by molar-refractivity contribution is 7.92. The smallest absolute Gasteiger partial charge is 0.241 e. The molecule has 1 N–H and O–H groups in total. The Kier molecular flexibility index (Phi) is 7.06. The number of nitrogens with one attached hydrogen (secondary N) is 1. The van der Waals surface area contributed by atoms with Crippen LogP contribution in [0.2, 0.25) is 0 Å². The van der Waals surface area contributed by atoms with E-state index in [4.69, 9.17) is 4.74 Å². The van der Waals surface area contributed by atoms with Gasteiger partial charge in [0.15, 0.2) is 0 Å². The number of benzene rings is 1. The number of anilines is 1. The Morgan fingerprint density at radius 2 is 1.85 bits per heavy atom. The minimum absolute atomic E-state index is 0.131. The molecular formula is C17H28N2O5S2. The quantitative estimate of drug-likeness (QED) is 0.669. The van der Waals surface area contributed by atoms with Gasteiger partial charge in [-0.15, -0.1) is 0 Å². The summed E-state index contributed by atoms with van der Waals surface area (Å²) in [5.41, 5.74) is 1.62. The third-order valence-electron chi connectivity index (χ3n) is 4.31. The van der Waals surface area contributed by atoms with Crippen LogP contribution in [-0.4, -0.2) is 48.9 Å². The number of sulfonamides is 2. The third-order valence-corrected chi connectivity index (χ3v) is 7.95. The fraction of sp³-hybridized carbons (Fsp3) is 0.647. The van der Waals surface area contributed by atoms with E-state index in [0.29, 0.717) is 56.0 Å². The lowest BCUT2D eigenvalue weighted by Gasteiger charge is -2.29. The molecule has 0 saturated carbocycles. The maximum Gasteiger partial charge on any atom is 0.241 e. The van der Waals surface area contributed by atoms with Crippen LogP contribution >= 0.6 is 0 Å². The number of rotatable bonds is 8. The lowest BCUT2D eigenvalue weighted by molar-refractivity contribution is 0.146. The van der Waals surface area contributed by atoms with Crippen LogP contribution in [0.15, 0.2) is 17.0 Å². The first kappa shape index (κ1) is 21.1. The van der Waals surface area contributed by atoms with Crippen molar-refractivity contribution in [1.82, 2.24) is 4.72 Å². The summed E-state index contributed by atoms with van der Waals surface area (Å²) in [7, 11) is -6.99. The average molecular weight is 405 g/mol. The normalized spacial score (nSPS) is 17.4. The fourth-order valence-electron chi connectivity index (χ4n) is 3.17. The molecule has 9 heteroatoms. The zero-order valence-corrected chi connectivity index (χ0v) is 17.2. The van der Waals surface area contributed by atoms with Crippen molar-refractivity contribution < 1.29 is 21.6 Å². The molecule has 0 spiro atoms. The first-order valence-corrected chi connectivity index (χ1v) is 12.0. The van der Waals surface area contributed by atoms with Crippen LogP contribution in [0.3, 0.4) is 0 Å². The number of nitrogens with zero attached hydrogens (tertiary/aromatic N) is 1. The molecule has 0 aromatic heterocycles. The zero-order chi connectivity index (χ0) is 19.4. The Labute approximate surface area is 156 Å². The molecule has 1 aliphatic rings. The molecule has 0 aliphatic carbocycles. The Balaban J connectivity index is 2.23. The maximum atomic E-state index is 12.6. The van der Waals surface area contributed by atoms with E-state index in [0.717, 1.165) is 6.42 Å². The van der Waals surface area contributed by atoms with Crippen LogP contribution in [0.4, 0.5) is 5.69 Å². The van der Waals surface area contributed by atoms with Crippen LogP contribution in [0, 0.1) is 13.8 Å². The van der Waals surface area contributed by atoms with E-state index in [1.807, 2.05) is 6.92 Å². The Bertz CT molecular complexity index is 812. The molecule has 1 heterocycles. The molecule has 1 fully saturated rings. The molecule has 2 rings (SSSR count). The summed E-state index contributed by atoms with van der Waals surface area (Å²) in [5.74, 6) is 0.131.